The Bertz CT molecular complexity index is 800. The van der Waals surface area contributed by atoms with E-state index in [4.69, 9.17) is 16.3 Å². The van der Waals surface area contributed by atoms with Crippen molar-refractivity contribution in [2.24, 2.45) is 5.92 Å². The molecule has 0 amide bonds. The molecule has 1 N–H and O–H groups in total. The van der Waals surface area contributed by atoms with E-state index >= 15 is 0 Å². The molecule has 3 nitrogen and oxygen atoms in total. The van der Waals surface area contributed by atoms with Crippen molar-refractivity contribution in [3.05, 3.63) is 70.3 Å². The number of methoxy groups -OCH3 is 1. The van der Waals surface area contributed by atoms with Gasteiger partial charge in [0.2, 0.25) is 0 Å². The van der Waals surface area contributed by atoms with Crippen LogP contribution in [0.1, 0.15) is 30.4 Å². The summed E-state index contributed by atoms with van der Waals surface area (Å²) in [6.07, 6.45) is 5.06. The van der Waals surface area contributed by atoms with Gasteiger partial charge in [0.05, 0.1) is 7.11 Å². The monoisotopic (exact) mass is 385 g/mol. The van der Waals surface area contributed by atoms with Crippen molar-refractivity contribution < 1.29 is 9.84 Å². The molecule has 0 heterocycles. The molecule has 0 aliphatic heterocycles. The molecule has 144 valence electrons. The van der Waals surface area contributed by atoms with E-state index in [0.717, 1.165) is 48.3 Å². The molecule has 2 atom stereocenters. The molecule has 0 spiro atoms. The topological polar surface area (TPSA) is 32.7 Å². The summed E-state index contributed by atoms with van der Waals surface area (Å²) in [5.41, 5.74) is 1.97. The quantitative estimate of drug-likeness (QED) is 0.787. The normalized spacial score (nSPS) is 24.4. The van der Waals surface area contributed by atoms with Gasteiger partial charge in [-0.25, -0.2) is 0 Å². The van der Waals surface area contributed by atoms with Gasteiger partial charge in [-0.1, -0.05) is 41.9 Å². The minimum Gasteiger partial charge on any atom is -0.497 e. The summed E-state index contributed by atoms with van der Waals surface area (Å²) < 4.78 is 5.25. The molecule has 0 aromatic heterocycles. The molecule has 1 fully saturated rings. The Kier molecular flexibility index (Phi) is 6.25. The highest BCUT2D eigenvalue weighted by Crippen LogP contribution is 2.47. The van der Waals surface area contributed by atoms with Crippen molar-refractivity contribution in [1.29, 1.82) is 0 Å². The molecule has 4 heteroatoms. The van der Waals surface area contributed by atoms with Gasteiger partial charge in [-0.3, -0.25) is 0 Å². The smallest absolute Gasteiger partial charge is 0.118 e. The van der Waals surface area contributed by atoms with E-state index in [1.165, 1.54) is 0 Å². The number of nitrogens with zero attached hydrogens (tertiary/aromatic N) is 1. The summed E-state index contributed by atoms with van der Waals surface area (Å²) in [6.45, 7) is 0.822. The third-order valence-electron chi connectivity index (χ3n) is 5.39. The second-order valence-electron chi connectivity index (χ2n) is 7.57. The van der Waals surface area contributed by atoms with Crippen LogP contribution in [0, 0.1) is 5.92 Å². The maximum atomic E-state index is 12.0. The summed E-state index contributed by atoms with van der Waals surface area (Å²) >= 11 is 6.27. The lowest BCUT2D eigenvalue weighted by atomic mass is 9.67. The van der Waals surface area contributed by atoms with E-state index in [1.54, 1.807) is 7.11 Å². The molecule has 0 bridgehead atoms. The molecule has 1 aliphatic carbocycles. The molecule has 1 aliphatic rings. The van der Waals surface area contributed by atoms with Gasteiger partial charge in [0.25, 0.3) is 0 Å². The van der Waals surface area contributed by atoms with Crippen LogP contribution in [-0.2, 0) is 5.60 Å². The van der Waals surface area contributed by atoms with Gasteiger partial charge >= 0.3 is 0 Å². The average Bonchev–Trinajstić information content (AvgIpc) is 2.65. The van der Waals surface area contributed by atoms with E-state index in [-0.39, 0.29) is 5.92 Å². The second-order valence-corrected chi connectivity index (χ2v) is 8.01. The summed E-state index contributed by atoms with van der Waals surface area (Å²) in [7, 11) is 5.78. The third kappa shape index (κ3) is 4.37. The van der Waals surface area contributed by atoms with Crippen molar-refractivity contribution >= 4 is 17.7 Å². The fourth-order valence-corrected chi connectivity index (χ4v) is 4.29. The van der Waals surface area contributed by atoms with Gasteiger partial charge in [0, 0.05) is 17.5 Å². The van der Waals surface area contributed by atoms with Crippen LogP contribution in [0.4, 0.5) is 0 Å². The summed E-state index contributed by atoms with van der Waals surface area (Å²) in [4.78, 5) is 2.15. The van der Waals surface area contributed by atoms with E-state index < -0.39 is 5.60 Å². The molecule has 2 aromatic rings. The Morgan fingerprint density at radius 2 is 1.96 bits per heavy atom. The molecule has 2 aromatic carbocycles. The Labute approximate surface area is 167 Å². The van der Waals surface area contributed by atoms with Gasteiger partial charge in [-0.2, -0.15) is 0 Å². The summed E-state index contributed by atoms with van der Waals surface area (Å²) in [5.74, 6) is 0.945. The Hall–Kier alpha value is -1.81. The number of benzene rings is 2. The van der Waals surface area contributed by atoms with Crippen LogP contribution in [0.5, 0.6) is 5.75 Å². The van der Waals surface area contributed by atoms with Crippen LogP contribution in [0.25, 0.3) is 6.08 Å². The van der Waals surface area contributed by atoms with Crippen LogP contribution < -0.4 is 4.74 Å². The molecular weight excluding hydrogens is 358 g/mol. The number of hydrogen-bond donors (Lipinski definition) is 1. The molecule has 1 saturated carbocycles. The Morgan fingerprint density at radius 1 is 1.22 bits per heavy atom. The number of aliphatic hydroxyl groups is 1. The first kappa shape index (κ1) is 19.9. The number of halogens is 1. The first-order valence-electron chi connectivity index (χ1n) is 9.41. The number of hydrogen-bond acceptors (Lipinski definition) is 3. The molecule has 0 saturated heterocycles. The lowest BCUT2D eigenvalue weighted by Crippen LogP contribution is -2.44. The zero-order valence-corrected chi connectivity index (χ0v) is 17.0. The minimum atomic E-state index is -1.02. The van der Waals surface area contributed by atoms with Gasteiger partial charge < -0.3 is 14.7 Å². The lowest BCUT2D eigenvalue weighted by Gasteiger charge is -2.44. The SMILES string of the molecule is COc1ccc(/C=C2\CCCC(CN(C)C)C2(O)c2cccc(Cl)c2)cc1. The predicted molar refractivity (Wildman–Crippen MR) is 112 cm³/mol. The van der Waals surface area contributed by atoms with Gasteiger partial charge in [-0.05, 0) is 74.3 Å². The molecule has 0 radical (unpaired) electrons. The zero-order chi connectivity index (χ0) is 19.4. The number of ether oxygens (including phenoxy) is 1. The molecular formula is C23H28ClNO2. The largest absolute Gasteiger partial charge is 0.497 e. The Balaban J connectivity index is 2.07. The maximum absolute atomic E-state index is 12.0. The van der Waals surface area contributed by atoms with Crippen molar-refractivity contribution in [3.8, 4) is 5.75 Å². The van der Waals surface area contributed by atoms with Crippen molar-refractivity contribution in [2.45, 2.75) is 24.9 Å². The zero-order valence-electron chi connectivity index (χ0n) is 16.3. The first-order chi connectivity index (χ1) is 12.9. The van der Waals surface area contributed by atoms with Crippen LogP contribution in [0.2, 0.25) is 5.02 Å². The van der Waals surface area contributed by atoms with Gasteiger partial charge in [0.1, 0.15) is 11.4 Å². The highest BCUT2D eigenvalue weighted by molar-refractivity contribution is 6.30. The highest BCUT2D eigenvalue weighted by Gasteiger charge is 2.44. The van der Waals surface area contributed by atoms with Crippen LogP contribution >= 0.6 is 11.6 Å². The van der Waals surface area contributed by atoms with Crippen LogP contribution in [0.3, 0.4) is 0 Å². The Morgan fingerprint density at radius 3 is 2.59 bits per heavy atom. The maximum Gasteiger partial charge on any atom is 0.118 e. The van der Waals surface area contributed by atoms with Crippen molar-refractivity contribution in [1.82, 2.24) is 4.90 Å². The molecule has 2 unspecified atom stereocenters. The standard InChI is InChI=1S/C23H28ClNO2/c1-25(2)16-20-8-4-6-18(14-17-10-12-22(27-3)13-11-17)23(20,26)19-7-5-9-21(24)15-19/h5,7,9-15,20,26H,4,6,8,16H2,1-3H3/b18-14+. The lowest BCUT2D eigenvalue weighted by molar-refractivity contribution is -0.0174. The van der Waals surface area contributed by atoms with Crippen molar-refractivity contribution in [3.63, 3.8) is 0 Å². The first-order valence-corrected chi connectivity index (χ1v) is 9.79. The third-order valence-corrected chi connectivity index (χ3v) is 5.62. The van der Waals surface area contributed by atoms with Crippen molar-refractivity contribution in [2.75, 3.05) is 27.7 Å². The fourth-order valence-electron chi connectivity index (χ4n) is 4.09. The van der Waals surface area contributed by atoms with E-state index in [1.807, 2.05) is 48.5 Å². The minimum absolute atomic E-state index is 0.115. The van der Waals surface area contributed by atoms with Gasteiger partial charge in [0.15, 0.2) is 0 Å². The second kappa shape index (κ2) is 8.47. The summed E-state index contributed by atoms with van der Waals surface area (Å²) in [5, 5.41) is 12.7. The van der Waals surface area contributed by atoms with E-state index in [0.29, 0.717) is 5.02 Å². The van der Waals surface area contributed by atoms with E-state index in [2.05, 4.69) is 25.1 Å². The van der Waals surface area contributed by atoms with E-state index in [9.17, 15) is 5.11 Å². The number of rotatable bonds is 5. The predicted octanol–water partition coefficient (Wildman–Crippen LogP) is 4.98. The van der Waals surface area contributed by atoms with Crippen LogP contribution in [0.15, 0.2) is 54.1 Å². The fraction of sp³-hybridized carbons (Fsp3) is 0.391. The molecule has 3 rings (SSSR count). The van der Waals surface area contributed by atoms with Gasteiger partial charge in [-0.15, -0.1) is 0 Å². The van der Waals surface area contributed by atoms with Crippen LogP contribution in [-0.4, -0.2) is 37.8 Å². The summed E-state index contributed by atoms with van der Waals surface area (Å²) in [6, 6.07) is 15.6. The highest BCUT2D eigenvalue weighted by atomic mass is 35.5. The average molecular weight is 386 g/mol. The molecule has 27 heavy (non-hydrogen) atoms.